The third-order valence-electron chi connectivity index (χ3n) is 3.41. The molecule has 0 unspecified atom stereocenters. The van der Waals surface area contributed by atoms with Crippen LogP contribution in [0.5, 0.6) is 0 Å². The Hall–Kier alpha value is -1.62. The maximum Gasteiger partial charge on any atom is 0.312 e. The molecule has 2 aromatic heterocycles. The number of nitrogens with zero attached hydrogens (tertiary/aromatic N) is 1. The van der Waals surface area contributed by atoms with Crippen LogP contribution in [0.25, 0.3) is 11.3 Å². The Morgan fingerprint density at radius 3 is 3.06 bits per heavy atom. The Bertz CT molecular complexity index is 555. The number of carbonyl (C=O) groups is 1. The van der Waals surface area contributed by atoms with Crippen molar-refractivity contribution in [2.45, 2.75) is 19.3 Å². The summed E-state index contributed by atoms with van der Waals surface area (Å²) in [5.74, 6) is -0.0964. The van der Waals surface area contributed by atoms with Gasteiger partial charge in [-0.05, 0) is 18.9 Å². The summed E-state index contributed by atoms with van der Waals surface area (Å²) >= 11 is 1.61. The first-order valence-corrected chi connectivity index (χ1v) is 6.77. The number of thiazole rings is 1. The molecule has 0 atom stereocenters. The minimum atomic E-state index is -0.290. The number of nitrogens with one attached hydrogen (secondary N) is 1. The summed E-state index contributed by atoms with van der Waals surface area (Å²) in [7, 11) is 1.45. The van der Waals surface area contributed by atoms with E-state index in [0.29, 0.717) is 6.42 Å². The Kier molecular flexibility index (Phi) is 2.70. The van der Waals surface area contributed by atoms with E-state index in [0.717, 1.165) is 29.1 Å². The predicted octanol–water partition coefficient (Wildman–Crippen LogP) is 2.63. The fourth-order valence-electron chi connectivity index (χ4n) is 2.12. The van der Waals surface area contributed by atoms with Crippen molar-refractivity contribution in [1.82, 2.24) is 9.97 Å². The number of carbonyl (C=O) groups excluding carboxylic acids is 1. The molecule has 0 aliphatic heterocycles. The molecule has 0 radical (unpaired) electrons. The first kappa shape index (κ1) is 11.5. The third kappa shape index (κ3) is 1.95. The Balaban J connectivity index is 1.77. The SMILES string of the molecule is COC(=O)C1(Cc2nc(-c3cc[nH]c3)cs2)CC1. The molecule has 1 saturated carbocycles. The third-order valence-corrected chi connectivity index (χ3v) is 4.26. The first-order chi connectivity index (χ1) is 8.73. The average molecular weight is 262 g/mol. The lowest BCUT2D eigenvalue weighted by Gasteiger charge is -2.09. The van der Waals surface area contributed by atoms with E-state index < -0.39 is 0 Å². The summed E-state index contributed by atoms with van der Waals surface area (Å²) in [6, 6.07) is 1.99. The van der Waals surface area contributed by atoms with Crippen LogP contribution in [0.15, 0.2) is 23.8 Å². The number of methoxy groups -OCH3 is 1. The molecule has 18 heavy (non-hydrogen) atoms. The molecule has 2 heterocycles. The van der Waals surface area contributed by atoms with Crippen molar-refractivity contribution in [3.63, 3.8) is 0 Å². The van der Waals surface area contributed by atoms with Crippen LogP contribution in [-0.4, -0.2) is 23.0 Å². The second-order valence-electron chi connectivity index (χ2n) is 4.67. The van der Waals surface area contributed by atoms with Gasteiger partial charge in [0.15, 0.2) is 0 Å². The second-order valence-corrected chi connectivity index (χ2v) is 5.62. The van der Waals surface area contributed by atoms with Gasteiger partial charge in [0.25, 0.3) is 0 Å². The predicted molar refractivity (Wildman–Crippen MR) is 69.3 cm³/mol. The van der Waals surface area contributed by atoms with E-state index in [1.807, 2.05) is 23.8 Å². The van der Waals surface area contributed by atoms with Crippen LogP contribution < -0.4 is 0 Å². The smallest absolute Gasteiger partial charge is 0.312 e. The van der Waals surface area contributed by atoms with E-state index in [1.165, 1.54) is 7.11 Å². The van der Waals surface area contributed by atoms with E-state index in [-0.39, 0.29) is 11.4 Å². The zero-order chi connectivity index (χ0) is 12.6. The van der Waals surface area contributed by atoms with Gasteiger partial charge in [-0.25, -0.2) is 4.98 Å². The van der Waals surface area contributed by atoms with Gasteiger partial charge in [0.2, 0.25) is 0 Å². The molecule has 94 valence electrons. The van der Waals surface area contributed by atoms with Crippen molar-refractivity contribution < 1.29 is 9.53 Å². The number of ether oxygens (including phenoxy) is 1. The average Bonchev–Trinajstić information content (AvgIpc) is 2.84. The van der Waals surface area contributed by atoms with Crippen LogP contribution in [0.4, 0.5) is 0 Å². The van der Waals surface area contributed by atoms with Gasteiger partial charge in [0.05, 0.1) is 23.2 Å². The van der Waals surface area contributed by atoms with Gasteiger partial charge in [-0.2, -0.15) is 0 Å². The molecule has 0 spiro atoms. The van der Waals surface area contributed by atoms with Crippen LogP contribution in [-0.2, 0) is 16.0 Å². The highest BCUT2D eigenvalue weighted by Gasteiger charge is 2.51. The molecule has 1 N–H and O–H groups in total. The molecule has 4 nitrogen and oxygen atoms in total. The van der Waals surface area contributed by atoms with Gasteiger partial charge in [-0.3, -0.25) is 4.79 Å². The number of aromatic nitrogens is 2. The van der Waals surface area contributed by atoms with Gasteiger partial charge < -0.3 is 9.72 Å². The van der Waals surface area contributed by atoms with Crippen molar-refractivity contribution in [3.8, 4) is 11.3 Å². The molecule has 3 rings (SSSR count). The van der Waals surface area contributed by atoms with Crippen molar-refractivity contribution >= 4 is 17.3 Å². The lowest BCUT2D eigenvalue weighted by Crippen LogP contribution is -2.19. The summed E-state index contributed by atoms with van der Waals surface area (Å²) in [6.07, 6.45) is 6.34. The fourth-order valence-corrected chi connectivity index (χ4v) is 3.06. The maximum atomic E-state index is 11.7. The molecular formula is C13H14N2O2S. The molecule has 1 aliphatic carbocycles. The summed E-state index contributed by atoms with van der Waals surface area (Å²) in [4.78, 5) is 19.3. The standard InChI is InChI=1S/C13H14N2O2S/c1-17-12(16)13(3-4-13)6-11-15-10(8-18-11)9-2-5-14-7-9/h2,5,7-8,14H,3-4,6H2,1H3. The van der Waals surface area contributed by atoms with Crippen molar-refractivity contribution in [1.29, 1.82) is 0 Å². The van der Waals surface area contributed by atoms with E-state index in [4.69, 9.17) is 4.74 Å². The highest BCUT2D eigenvalue weighted by atomic mass is 32.1. The number of hydrogen-bond acceptors (Lipinski definition) is 4. The number of H-pyrrole nitrogens is 1. The lowest BCUT2D eigenvalue weighted by molar-refractivity contribution is -0.147. The van der Waals surface area contributed by atoms with Gasteiger partial charge in [0.1, 0.15) is 0 Å². The van der Waals surface area contributed by atoms with E-state index in [2.05, 4.69) is 9.97 Å². The van der Waals surface area contributed by atoms with Gasteiger partial charge in [0, 0.05) is 29.8 Å². The molecule has 0 amide bonds. The molecule has 1 aliphatic rings. The molecule has 2 aromatic rings. The van der Waals surface area contributed by atoms with E-state index in [9.17, 15) is 4.79 Å². The normalized spacial score (nSPS) is 16.5. The molecule has 1 fully saturated rings. The van der Waals surface area contributed by atoms with Crippen LogP contribution in [0, 0.1) is 5.41 Å². The van der Waals surface area contributed by atoms with Crippen molar-refractivity contribution in [2.24, 2.45) is 5.41 Å². The Morgan fingerprint density at radius 1 is 1.61 bits per heavy atom. The van der Waals surface area contributed by atoms with Gasteiger partial charge in [-0.15, -0.1) is 11.3 Å². The zero-order valence-corrected chi connectivity index (χ0v) is 10.9. The lowest BCUT2D eigenvalue weighted by atomic mass is 10.0. The van der Waals surface area contributed by atoms with Crippen LogP contribution in [0.2, 0.25) is 0 Å². The van der Waals surface area contributed by atoms with E-state index in [1.54, 1.807) is 11.3 Å². The minimum Gasteiger partial charge on any atom is -0.469 e. The highest BCUT2D eigenvalue weighted by molar-refractivity contribution is 7.10. The summed E-state index contributed by atoms with van der Waals surface area (Å²) < 4.78 is 4.86. The topological polar surface area (TPSA) is 55.0 Å². The molecule has 5 heteroatoms. The minimum absolute atomic E-state index is 0.0964. The molecule has 0 bridgehead atoms. The maximum absolute atomic E-state index is 11.7. The fraction of sp³-hybridized carbons (Fsp3) is 0.385. The first-order valence-electron chi connectivity index (χ1n) is 5.89. The second kappa shape index (κ2) is 4.24. The van der Waals surface area contributed by atoms with Crippen LogP contribution in [0.3, 0.4) is 0 Å². The largest absolute Gasteiger partial charge is 0.469 e. The molecule has 0 saturated heterocycles. The van der Waals surface area contributed by atoms with E-state index >= 15 is 0 Å². The monoisotopic (exact) mass is 262 g/mol. The molecular weight excluding hydrogens is 248 g/mol. The van der Waals surface area contributed by atoms with Gasteiger partial charge >= 0.3 is 5.97 Å². The summed E-state index contributed by atoms with van der Waals surface area (Å²) in [5, 5.41) is 3.04. The quantitative estimate of drug-likeness (QED) is 0.862. The van der Waals surface area contributed by atoms with Gasteiger partial charge in [-0.1, -0.05) is 0 Å². The number of aromatic amines is 1. The van der Waals surface area contributed by atoms with Crippen LogP contribution >= 0.6 is 11.3 Å². The number of hydrogen-bond donors (Lipinski definition) is 1. The Morgan fingerprint density at radius 2 is 2.44 bits per heavy atom. The van der Waals surface area contributed by atoms with Crippen LogP contribution in [0.1, 0.15) is 17.8 Å². The number of esters is 1. The summed E-state index contributed by atoms with van der Waals surface area (Å²) in [5.41, 5.74) is 1.76. The Labute approximate surface area is 109 Å². The summed E-state index contributed by atoms with van der Waals surface area (Å²) in [6.45, 7) is 0. The number of rotatable bonds is 4. The zero-order valence-electron chi connectivity index (χ0n) is 10.1. The van der Waals surface area contributed by atoms with Crippen molar-refractivity contribution in [3.05, 3.63) is 28.8 Å². The highest BCUT2D eigenvalue weighted by Crippen LogP contribution is 2.49. The van der Waals surface area contributed by atoms with Crippen molar-refractivity contribution in [2.75, 3.05) is 7.11 Å². The molecule has 0 aromatic carbocycles.